The molecule has 1 aliphatic heterocycles. The highest BCUT2D eigenvalue weighted by atomic mass is 35.5. The Kier molecular flexibility index (Phi) is 6.10. The number of hydrogen-bond acceptors (Lipinski definition) is 4. The van der Waals surface area contributed by atoms with Crippen LogP contribution in [0.25, 0.3) is 10.9 Å². The monoisotopic (exact) mass is 459 g/mol. The van der Waals surface area contributed by atoms with E-state index in [1.807, 2.05) is 25.1 Å². The normalized spacial score (nSPS) is 17.0. The first-order valence-corrected chi connectivity index (χ1v) is 11.6. The van der Waals surface area contributed by atoms with E-state index in [0.29, 0.717) is 43.1 Å². The van der Waals surface area contributed by atoms with Crippen molar-refractivity contribution < 1.29 is 14.7 Å². The molecule has 2 aromatic heterocycles. The number of H-pyrrole nitrogens is 1. The van der Waals surface area contributed by atoms with E-state index in [2.05, 4.69) is 10.3 Å². The zero-order valence-corrected chi connectivity index (χ0v) is 19.1. The fourth-order valence-electron chi connectivity index (χ4n) is 3.89. The maximum atomic E-state index is 13.3. The molecule has 8 heteroatoms. The number of fused-ring (bicyclic) bond motifs is 1. The number of rotatable bonds is 5. The molecule has 3 heterocycles. The molecule has 31 heavy (non-hydrogen) atoms. The van der Waals surface area contributed by atoms with E-state index < -0.39 is 11.6 Å². The molecule has 2 amide bonds. The quantitative estimate of drug-likeness (QED) is 0.540. The van der Waals surface area contributed by atoms with Crippen LogP contribution in [0.1, 0.15) is 40.0 Å². The molecule has 1 aliphatic rings. The Bertz CT molecular complexity index is 1110. The van der Waals surface area contributed by atoms with Gasteiger partial charge in [0.15, 0.2) is 0 Å². The number of aliphatic hydroxyl groups is 1. The summed E-state index contributed by atoms with van der Waals surface area (Å²) in [6.07, 6.45) is 1.49. The Balaban J connectivity index is 1.54. The number of nitrogens with one attached hydrogen (secondary N) is 2. The lowest BCUT2D eigenvalue weighted by Crippen LogP contribution is -2.53. The second-order valence-electron chi connectivity index (χ2n) is 8.48. The average molecular weight is 460 g/mol. The number of hydrogen-bond donors (Lipinski definition) is 3. The highest BCUT2D eigenvalue weighted by molar-refractivity contribution is 7.11. The molecule has 0 bridgehead atoms. The van der Waals surface area contributed by atoms with Crippen molar-refractivity contribution in [2.24, 2.45) is 0 Å². The molecule has 1 aromatic carbocycles. The minimum absolute atomic E-state index is 0.117. The number of aromatic nitrogens is 1. The van der Waals surface area contributed by atoms with Crippen LogP contribution in [0.15, 0.2) is 36.4 Å². The van der Waals surface area contributed by atoms with E-state index in [1.54, 1.807) is 41.4 Å². The van der Waals surface area contributed by atoms with E-state index >= 15 is 0 Å². The summed E-state index contributed by atoms with van der Waals surface area (Å²) in [5, 5.41) is 14.6. The predicted molar refractivity (Wildman–Crippen MR) is 124 cm³/mol. The van der Waals surface area contributed by atoms with E-state index in [9.17, 15) is 14.7 Å². The summed E-state index contributed by atoms with van der Waals surface area (Å²) in [4.78, 5) is 33.4. The van der Waals surface area contributed by atoms with Gasteiger partial charge in [-0.25, -0.2) is 0 Å². The number of thiophene rings is 1. The topological polar surface area (TPSA) is 85.4 Å². The van der Waals surface area contributed by atoms with Gasteiger partial charge >= 0.3 is 0 Å². The summed E-state index contributed by atoms with van der Waals surface area (Å²) in [6, 6.07) is 10.5. The Morgan fingerprint density at radius 2 is 2.00 bits per heavy atom. The second-order valence-corrected chi connectivity index (χ2v) is 10.3. The highest BCUT2D eigenvalue weighted by Crippen LogP contribution is 2.24. The summed E-state index contributed by atoms with van der Waals surface area (Å²) < 4.78 is 0. The maximum absolute atomic E-state index is 13.3. The van der Waals surface area contributed by atoms with Crippen molar-refractivity contribution in [3.8, 4) is 0 Å². The van der Waals surface area contributed by atoms with Crippen molar-refractivity contribution in [3.05, 3.63) is 56.9 Å². The van der Waals surface area contributed by atoms with Gasteiger partial charge in [-0.15, -0.1) is 11.3 Å². The van der Waals surface area contributed by atoms with Gasteiger partial charge in [0.25, 0.3) is 5.91 Å². The Morgan fingerprint density at radius 3 is 2.68 bits per heavy atom. The number of halogens is 1. The van der Waals surface area contributed by atoms with Crippen LogP contribution < -0.4 is 5.32 Å². The molecule has 0 spiro atoms. The summed E-state index contributed by atoms with van der Waals surface area (Å²) in [5.41, 5.74) is 0.454. The van der Waals surface area contributed by atoms with Gasteiger partial charge in [-0.2, -0.15) is 0 Å². The van der Waals surface area contributed by atoms with Crippen molar-refractivity contribution in [1.82, 2.24) is 15.2 Å². The van der Waals surface area contributed by atoms with Crippen LogP contribution in [-0.2, 0) is 11.2 Å². The highest BCUT2D eigenvalue weighted by Gasteiger charge is 2.33. The van der Waals surface area contributed by atoms with Gasteiger partial charge in [-0.3, -0.25) is 9.59 Å². The smallest absolute Gasteiger partial charge is 0.268 e. The number of aromatic amines is 1. The van der Waals surface area contributed by atoms with Gasteiger partial charge in [0.05, 0.1) is 5.60 Å². The average Bonchev–Trinajstić information content (AvgIpc) is 3.32. The summed E-state index contributed by atoms with van der Waals surface area (Å²) >= 11 is 7.67. The Hall–Kier alpha value is -2.35. The van der Waals surface area contributed by atoms with Crippen molar-refractivity contribution in [1.29, 1.82) is 0 Å². The molecule has 0 aliphatic carbocycles. The zero-order chi connectivity index (χ0) is 22.2. The standard InChI is InChI=1S/C23H26ClN3O3S/c1-14-3-5-17(31-14)13-20(22(29)27-9-7-23(2,30)8-10-27)26-21(28)19-12-15-11-16(24)4-6-18(15)25-19/h3-6,11-12,20,25,30H,7-10,13H2,1-2H3,(H,26,28). The molecule has 3 aromatic rings. The molecule has 0 saturated carbocycles. The van der Waals surface area contributed by atoms with Crippen LogP contribution in [0.2, 0.25) is 5.02 Å². The number of amides is 2. The molecule has 4 rings (SSSR count). The summed E-state index contributed by atoms with van der Waals surface area (Å²) in [5.74, 6) is -0.447. The fourth-order valence-corrected chi connectivity index (χ4v) is 5.00. The zero-order valence-electron chi connectivity index (χ0n) is 17.6. The lowest BCUT2D eigenvalue weighted by molar-refractivity contribution is -0.137. The lowest BCUT2D eigenvalue weighted by Gasteiger charge is -2.37. The number of carbonyl (C=O) groups excluding carboxylic acids is 2. The molecular formula is C23H26ClN3O3S. The van der Waals surface area contributed by atoms with E-state index in [1.165, 1.54) is 0 Å². The second kappa shape index (κ2) is 8.65. The first kappa shape index (κ1) is 21.9. The van der Waals surface area contributed by atoms with Gasteiger partial charge in [-0.1, -0.05) is 11.6 Å². The van der Waals surface area contributed by atoms with Crippen molar-refractivity contribution in [2.45, 2.75) is 44.8 Å². The Labute approximate surface area is 190 Å². The third-order valence-electron chi connectivity index (χ3n) is 5.78. The van der Waals surface area contributed by atoms with Gasteiger partial charge in [0, 0.05) is 45.2 Å². The molecule has 1 fully saturated rings. The SMILES string of the molecule is Cc1ccc(CC(NC(=O)c2cc3cc(Cl)ccc3[nH]2)C(=O)N2CCC(C)(O)CC2)s1. The van der Waals surface area contributed by atoms with Crippen LogP contribution in [0.3, 0.4) is 0 Å². The van der Waals surface area contributed by atoms with E-state index in [0.717, 1.165) is 20.7 Å². The van der Waals surface area contributed by atoms with Gasteiger partial charge in [0.2, 0.25) is 5.91 Å². The number of nitrogens with zero attached hydrogens (tertiary/aromatic N) is 1. The minimum atomic E-state index is -0.744. The first-order chi connectivity index (χ1) is 14.7. The Morgan fingerprint density at radius 1 is 1.26 bits per heavy atom. The molecule has 164 valence electrons. The van der Waals surface area contributed by atoms with Crippen LogP contribution in [0.5, 0.6) is 0 Å². The van der Waals surface area contributed by atoms with Crippen molar-refractivity contribution in [3.63, 3.8) is 0 Å². The molecule has 1 atom stereocenters. The van der Waals surface area contributed by atoms with Crippen LogP contribution in [0.4, 0.5) is 0 Å². The van der Waals surface area contributed by atoms with E-state index in [-0.39, 0.29) is 11.8 Å². The van der Waals surface area contributed by atoms with Gasteiger partial charge < -0.3 is 20.3 Å². The van der Waals surface area contributed by atoms with Gasteiger partial charge in [-0.05, 0) is 63.1 Å². The molecule has 1 unspecified atom stereocenters. The molecule has 1 saturated heterocycles. The third kappa shape index (κ3) is 5.11. The van der Waals surface area contributed by atoms with Crippen LogP contribution >= 0.6 is 22.9 Å². The van der Waals surface area contributed by atoms with Gasteiger partial charge in [0.1, 0.15) is 11.7 Å². The minimum Gasteiger partial charge on any atom is -0.390 e. The lowest BCUT2D eigenvalue weighted by atomic mass is 9.93. The number of likely N-dealkylation sites (tertiary alicyclic amines) is 1. The molecule has 0 radical (unpaired) electrons. The third-order valence-corrected chi connectivity index (χ3v) is 7.04. The number of aryl methyl sites for hydroxylation is 1. The van der Waals surface area contributed by atoms with Crippen LogP contribution in [-0.4, -0.2) is 51.5 Å². The molecular weight excluding hydrogens is 434 g/mol. The number of carbonyl (C=O) groups is 2. The van der Waals surface area contributed by atoms with Crippen molar-refractivity contribution >= 4 is 45.7 Å². The summed E-state index contributed by atoms with van der Waals surface area (Å²) in [7, 11) is 0. The molecule has 3 N–H and O–H groups in total. The molecule has 6 nitrogen and oxygen atoms in total. The summed E-state index contributed by atoms with van der Waals surface area (Å²) in [6.45, 7) is 4.77. The number of benzene rings is 1. The fraction of sp³-hybridized carbons (Fsp3) is 0.391. The maximum Gasteiger partial charge on any atom is 0.268 e. The number of piperidine rings is 1. The predicted octanol–water partition coefficient (Wildman–Crippen LogP) is 3.91. The van der Waals surface area contributed by atoms with Crippen molar-refractivity contribution in [2.75, 3.05) is 13.1 Å². The first-order valence-electron chi connectivity index (χ1n) is 10.4. The largest absolute Gasteiger partial charge is 0.390 e. The van der Waals surface area contributed by atoms with E-state index in [4.69, 9.17) is 11.6 Å². The van der Waals surface area contributed by atoms with Crippen LogP contribution in [0, 0.1) is 6.92 Å².